The van der Waals surface area contributed by atoms with Gasteiger partial charge < -0.3 is 26.7 Å². The Morgan fingerprint density at radius 1 is 0.625 bits per heavy atom. The molecule has 2 aromatic carbocycles. The topological polar surface area (TPSA) is 165 Å². The second-order valence-electron chi connectivity index (χ2n) is 7.27. The monoisotopic (exact) mass is 441 g/mol. The number of nitrogens with two attached hydrogens (primary N) is 3. The van der Waals surface area contributed by atoms with Crippen LogP contribution in [-0.4, -0.2) is 42.0 Å². The van der Waals surface area contributed by atoms with Gasteiger partial charge in [-0.2, -0.15) is 0 Å². The molecule has 170 valence electrons. The minimum absolute atomic E-state index is 0.180. The van der Waals surface area contributed by atoms with E-state index in [2.05, 4.69) is 0 Å². The Balaban J connectivity index is 1.71. The van der Waals surface area contributed by atoms with Crippen LogP contribution in [0, 0.1) is 0 Å². The summed E-state index contributed by atoms with van der Waals surface area (Å²) >= 11 is 0. The van der Waals surface area contributed by atoms with Crippen molar-refractivity contribution in [2.24, 2.45) is 17.2 Å². The Hall–Kier alpha value is -3.40. The summed E-state index contributed by atoms with van der Waals surface area (Å²) in [7, 11) is 0. The van der Waals surface area contributed by atoms with Crippen LogP contribution in [-0.2, 0) is 41.5 Å². The van der Waals surface area contributed by atoms with Crippen molar-refractivity contribution in [2.75, 3.05) is 0 Å². The van der Waals surface area contributed by atoms with Gasteiger partial charge in [-0.3, -0.25) is 4.79 Å². The summed E-state index contributed by atoms with van der Waals surface area (Å²) in [6.45, 7) is 0. The summed E-state index contributed by atoms with van der Waals surface area (Å²) in [5.41, 5.74) is 18.8. The highest BCUT2D eigenvalue weighted by atomic mass is 16.6. The summed E-state index contributed by atoms with van der Waals surface area (Å²) in [4.78, 5) is 47.8. The van der Waals surface area contributed by atoms with Gasteiger partial charge in [0, 0.05) is 6.42 Å². The largest absolute Gasteiger partial charge is 0.392 e. The van der Waals surface area contributed by atoms with Gasteiger partial charge in [0.05, 0.1) is 0 Å². The van der Waals surface area contributed by atoms with Crippen molar-refractivity contribution < 1.29 is 28.7 Å². The summed E-state index contributed by atoms with van der Waals surface area (Å²) < 4.78 is 9.40. The average Bonchev–Trinajstić information content (AvgIpc) is 2.78. The first-order valence-electron chi connectivity index (χ1n) is 10.1. The molecule has 32 heavy (non-hydrogen) atoms. The molecule has 2 rings (SSSR count). The predicted molar refractivity (Wildman–Crippen MR) is 116 cm³/mol. The smallest absolute Gasteiger partial charge is 0.330 e. The van der Waals surface area contributed by atoms with Gasteiger partial charge in [-0.1, -0.05) is 60.7 Å². The van der Waals surface area contributed by atoms with Gasteiger partial charge in [-0.05, 0) is 30.4 Å². The van der Waals surface area contributed by atoms with Gasteiger partial charge in [0.15, 0.2) is 0 Å². The number of benzene rings is 2. The van der Waals surface area contributed by atoms with Crippen molar-refractivity contribution in [3.05, 3.63) is 71.8 Å². The highest BCUT2D eigenvalue weighted by Gasteiger charge is 2.25. The minimum Gasteiger partial charge on any atom is -0.392 e. The lowest BCUT2D eigenvalue weighted by molar-refractivity contribution is -0.161. The number of ether oxygens (including phenoxy) is 2. The second kappa shape index (κ2) is 12.5. The molecule has 0 heterocycles. The third kappa shape index (κ3) is 8.38. The molecule has 3 atom stereocenters. The van der Waals surface area contributed by atoms with Gasteiger partial charge in [0.25, 0.3) is 0 Å². The van der Waals surface area contributed by atoms with Crippen LogP contribution >= 0.6 is 0 Å². The first kappa shape index (κ1) is 24.9. The fourth-order valence-electron chi connectivity index (χ4n) is 2.78. The Kier molecular flexibility index (Phi) is 9.68. The maximum absolute atomic E-state index is 12.0. The van der Waals surface area contributed by atoms with E-state index >= 15 is 0 Å². The van der Waals surface area contributed by atoms with Gasteiger partial charge >= 0.3 is 23.9 Å². The fraction of sp³-hybridized carbons (Fsp3) is 0.304. The fourth-order valence-corrected chi connectivity index (χ4v) is 2.78. The molecule has 0 saturated heterocycles. The standard InChI is InChI=1S/C23H27N3O6/c24-17(21(28)32-23(30)19(26)14-16-9-5-2-6-10-16)11-12-20(27)31-22(29)18(25)13-15-7-3-1-4-8-15/h1-10,17-19H,11-14,24-26H2/t17-,18-,19-/m0/s1. The lowest BCUT2D eigenvalue weighted by atomic mass is 10.1. The van der Waals surface area contributed by atoms with Crippen molar-refractivity contribution in [3.8, 4) is 0 Å². The number of hydrogen-bond acceptors (Lipinski definition) is 9. The maximum Gasteiger partial charge on any atom is 0.330 e. The number of carbonyl (C=O) groups excluding carboxylic acids is 4. The number of rotatable bonds is 10. The SMILES string of the molecule is N[C@@H](Cc1ccccc1)C(=O)OC(=O)CC[C@H](N)C(=O)OC(=O)[C@@H](N)Cc1ccccc1. The van der Waals surface area contributed by atoms with E-state index in [1.807, 2.05) is 12.1 Å². The van der Waals surface area contributed by atoms with E-state index in [-0.39, 0.29) is 25.7 Å². The molecule has 0 aliphatic carbocycles. The minimum atomic E-state index is -1.26. The van der Waals surface area contributed by atoms with Gasteiger partial charge in [-0.25, -0.2) is 14.4 Å². The molecule has 0 aromatic heterocycles. The molecule has 0 unspecified atom stereocenters. The first-order chi connectivity index (χ1) is 15.3. The molecular formula is C23H27N3O6. The first-order valence-corrected chi connectivity index (χ1v) is 10.1. The summed E-state index contributed by atoms with van der Waals surface area (Å²) in [5.74, 6) is -3.69. The van der Waals surface area contributed by atoms with Crippen LogP contribution in [0.3, 0.4) is 0 Å². The van der Waals surface area contributed by atoms with Crippen LogP contribution in [0.4, 0.5) is 0 Å². The number of carbonyl (C=O) groups is 4. The molecule has 0 spiro atoms. The van der Waals surface area contributed by atoms with Crippen LogP contribution in [0.25, 0.3) is 0 Å². The summed E-state index contributed by atoms with van der Waals surface area (Å²) in [6.07, 6.45) is -0.103. The van der Waals surface area contributed by atoms with E-state index in [9.17, 15) is 19.2 Å². The molecule has 2 aromatic rings. The number of esters is 4. The van der Waals surface area contributed by atoms with Crippen molar-refractivity contribution >= 4 is 23.9 Å². The van der Waals surface area contributed by atoms with Gasteiger partial charge in [-0.15, -0.1) is 0 Å². The summed E-state index contributed by atoms with van der Waals surface area (Å²) in [5, 5.41) is 0. The van der Waals surface area contributed by atoms with E-state index in [0.717, 1.165) is 11.1 Å². The third-order valence-corrected chi connectivity index (χ3v) is 4.58. The zero-order chi connectivity index (χ0) is 23.5. The molecule has 0 saturated carbocycles. The van der Waals surface area contributed by atoms with Crippen molar-refractivity contribution in [1.82, 2.24) is 0 Å². The molecule has 0 aliphatic heterocycles. The third-order valence-electron chi connectivity index (χ3n) is 4.58. The van der Waals surface area contributed by atoms with Crippen molar-refractivity contribution in [1.29, 1.82) is 0 Å². The van der Waals surface area contributed by atoms with Crippen LogP contribution in [0.1, 0.15) is 24.0 Å². The highest BCUT2D eigenvalue weighted by molar-refractivity contribution is 5.91. The molecule has 9 nitrogen and oxygen atoms in total. The molecule has 6 N–H and O–H groups in total. The van der Waals surface area contributed by atoms with Crippen LogP contribution in [0.15, 0.2) is 60.7 Å². The summed E-state index contributed by atoms with van der Waals surface area (Å²) in [6, 6.07) is 14.7. The second-order valence-corrected chi connectivity index (χ2v) is 7.27. The average molecular weight is 441 g/mol. The van der Waals surface area contributed by atoms with Gasteiger partial charge in [0.2, 0.25) is 0 Å². The zero-order valence-corrected chi connectivity index (χ0v) is 17.5. The van der Waals surface area contributed by atoms with Crippen molar-refractivity contribution in [3.63, 3.8) is 0 Å². The molecule has 0 amide bonds. The molecule has 0 bridgehead atoms. The van der Waals surface area contributed by atoms with E-state index in [4.69, 9.17) is 26.7 Å². The van der Waals surface area contributed by atoms with E-state index < -0.39 is 42.0 Å². The molecule has 0 radical (unpaired) electrons. The molecule has 0 aliphatic rings. The van der Waals surface area contributed by atoms with Gasteiger partial charge in [0.1, 0.15) is 18.1 Å². The van der Waals surface area contributed by atoms with E-state index in [1.165, 1.54) is 0 Å². The highest BCUT2D eigenvalue weighted by Crippen LogP contribution is 2.07. The van der Waals surface area contributed by atoms with E-state index in [0.29, 0.717) is 0 Å². The quantitative estimate of drug-likeness (QED) is 0.349. The molecular weight excluding hydrogens is 414 g/mol. The predicted octanol–water partition coefficient (Wildman–Crippen LogP) is 0.374. The Bertz CT molecular complexity index is 920. The lowest BCUT2D eigenvalue weighted by Gasteiger charge is -2.14. The van der Waals surface area contributed by atoms with Crippen LogP contribution < -0.4 is 17.2 Å². The van der Waals surface area contributed by atoms with Crippen LogP contribution in [0.5, 0.6) is 0 Å². The molecule has 9 heteroatoms. The van der Waals surface area contributed by atoms with Crippen LogP contribution in [0.2, 0.25) is 0 Å². The Morgan fingerprint density at radius 2 is 1.03 bits per heavy atom. The normalized spacial score (nSPS) is 13.5. The van der Waals surface area contributed by atoms with Crippen molar-refractivity contribution in [2.45, 2.75) is 43.8 Å². The lowest BCUT2D eigenvalue weighted by Crippen LogP contribution is -2.41. The van der Waals surface area contributed by atoms with E-state index in [1.54, 1.807) is 48.5 Å². The zero-order valence-electron chi connectivity index (χ0n) is 17.5. The Morgan fingerprint density at radius 3 is 1.50 bits per heavy atom. The molecule has 0 fully saturated rings. The Labute approximate surface area is 185 Å². The number of hydrogen-bond donors (Lipinski definition) is 3. The maximum atomic E-state index is 12.0.